The van der Waals surface area contributed by atoms with Gasteiger partial charge in [-0.15, -0.1) is 0 Å². The van der Waals surface area contributed by atoms with E-state index in [-0.39, 0.29) is 6.61 Å². The van der Waals surface area contributed by atoms with Gasteiger partial charge in [0.2, 0.25) is 0 Å². The second-order valence-electron chi connectivity index (χ2n) is 4.57. The number of halogens is 1. The number of hydrogen-bond acceptors (Lipinski definition) is 7. The molecule has 5 N–H and O–H groups in total. The van der Waals surface area contributed by atoms with E-state index in [0.29, 0.717) is 16.9 Å². The number of fused-ring (bicyclic) bond motifs is 1. The summed E-state index contributed by atoms with van der Waals surface area (Å²) in [7, 11) is 0. The van der Waals surface area contributed by atoms with Gasteiger partial charge in [0.05, 0.1) is 12.0 Å². The fraction of sp³-hybridized carbons (Fsp3) is 0.455. The Morgan fingerprint density at radius 3 is 2.75 bits per heavy atom. The van der Waals surface area contributed by atoms with Crippen LogP contribution in [0.4, 0.5) is 5.82 Å². The molecule has 0 spiro atoms. The first-order valence-electron chi connectivity index (χ1n) is 5.93. The van der Waals surface area contributed by atoms with Gasteiger partial charge in [-0.25, -0.2) is 9.97 Å². The number of nitrogen functional groups attached to an aromatic ring is 1. The Kier molecular flexibility index (Phi) is 3.54. The molecule has 1 saturated heterocycles. The van der Waals surface area contributed by atoms with Crippen molar-refractivity contribution in [3.63, 3.8) is 0 Å². The van der Waals surface area contributed by atoms with Crippen LogP contribution in [-0.2, 0) is 4.74 Å². The van der Waals surface area contributed by atoms with Gasteiger partial charge in [0.25, 0.3) is 0 Å². The highest BCUT2D eigenvalue weighted by atomic mass is 127. The minimum absolute atomic E-state index is 0.338. The van der Waals surface area contributed by atoms with Crippen LogP contribution in [0.1, 0.15) is 6.23 Å². The van der Waals surface area contributed by atoms with Gasteiger partial charge in [-0.05, 0) is 22.6 Å². The van der Waals surface area contributed by atoms with Gasteiger partial charge >= 0.3 is 0 Å². The number of nitrogens with zero attached hydrogens (tertiary/aromatic N) is 3. The standard InChI is InChI=1S/C11H13IN4O4/c12-4-1-16(10-6(4)9(13)14-3-15-10)11-8(19)7(18)5(2-17)20-11/h1,3,5,7-8,11,17-19H,2H2,(H2,13,14,15)/t5?,7?,8-,11-/m1/s1. The van der Waals surface area contributed by atoms with E-state index < -0.39 is 24.5 Å². The normalized spacial score (nSPS) is 30.2. The lowest BCUT2D eigenvalue weighted by Crippen LogP contribution is -2.33. The van der Waals surface area contributed by atoms with Crippen LogP contribution in [-0.4, -0.2) is 54.8 Å². The molecule has 0 saturated carbocycles. The van der Waals surface area contributed by atoms with Gasteiger partial charge in [0, 0.05) is 9.77 Å². The molecule has 9 heteroatoms. The molecule has 0 bridgehead atoms. The summed E-state index contributed by atoms with van der Waals surface area (Å²) in [6.07, 6.45) is -0.928. The van der Waals surface area contributed by atoms with Crippen LogP contribution in [0.15, 0.2) is 12.5 Å². The van der Waals surface area contributed by atoms with Crippen molar-refractivity contribution in [3.8, 4) is 0 Å². The van der Waals surface area contributed by atoms with Crippen molar-refractivity contribution < 1.29 is 20.1 Å². The van der Waals surface area contributed by atoms with E-state index in [1.165, 1.54) is 6.33 Å². The van der Waals surface area contributed by atoms with Gasteiger partial charge in [-0.1, -0.05) is 0 Å². The number of rotatable bonds is 2. The van der Waals surface area contributed by atoms with Crippen LogP contribution in [0.5, 0.6) is 0 Å². The minimum atomic E-state index is -1.16. The number of aliphatic hydroxyl groups excluding tert-OH is 3. The first-order valence-corrected chi connectivity index (χ1v) is 7.01. The van der Waals surface area contributed by atoms with Crippen molar-refractivity contribution in [1.29, 1.82) is 0 Å². The highest BCUT2D eigenvalue weighted by Gasteiger charge is 2.44. The van der Waals surface area contributed by atoms with E-state index >= 15 is 0 Å². The zero-order chi connectivity index (χ0) is 14.4. The molecule has 1 fully saturated rings. The first-order chi connectivity index (χ1) is 9.54. The second-order valence-corrected chi connectivity index (χ2v) is 5.73. The van der Waals surface area contributed by atoms with Crippen molar-refractivity contribution in [3.05, 3.63) is 16.1 Å². The molecule has 2 aromatic heterocycles. The number of anilines is 1. The Morgan fingerprint density at radius 2 is 2.10 bits per heavy atom. The van der Waals surface area contributed by atoms with Crippen LogP contribution in [0.2, 0.25) is 0 Å². The predicted molar refractivity (Wildman–Crippen MR) is 77.7 cm³/mol. The quantitative estimate of drug-likeness (QED) is 0.495. The Labute approximate surface area is 127 Å². The summed E-state index contributed by atoms with van der Waals surface area (Å²) in [5.41, 5.74) is 6.33. The third-order valence-electron chi connectivity index (χ3n) is 3.38. The van der Waals surface area contributed by atoms with E-state index in [4.69, 9.17) is 15.6 Å². The van der Waals surface area contributed by atoms with Gasteiger partial charge in [-0.3, -0.25) is 0 Å². The molecular formula is C11H13IN4O4. The fourth-order valence-electron chi connectivity index (χ4n) is 2.37. The van der Waals surface area contributed by atoms with Crippen molar-refractivity contribution in [2.75, 3.05) is 12.3 Å². The van der Waals surface area contributed by atoms with E-state index in [0.717, 1.165) is 3.57 Å². The topological polar surface area (TPSA) is 127 Å². The summed E-state index contributed by atoms with van der Waals surface area (Å²) >= 11 is 2.09. The average Bonchev–Trinajstić information content (AvgIpc) is 2.90. The number of aliphatic hydroxyl groups is 3. The molecule has 0 radical (unpaired) electrons. The van der Waals surface area contributed by atoms with Gasteiger partial charge < -0.3 is 30.4 Å². The molecule has 8 nitrogen and oxygen atoms in total. The Hall–Kier alpha value is -1.01. The molecule has 3 rings (SSSR count). The van der Waals surface area contributed by atoms with Crippen LogP contribution in [0.25, 0.3) is 11.0 Å². The lowest BCUT2D eigenvalue weighted by molar-refractivity contribution is -0.0509. The molecule has 0 amide bonds. The molecule has 0 aliphatic carbocycles. The zero-order valence-corrected chi connectivity index (χ0v) is 12.4. The molecule has 3 heterocycles. The molecule has 20 heavy (non-hydrogen) atoms. The van der Waals surface area contributed by atoms with Crippen LogP contribution in [0.3, 0.4) is 0 Å². The summed E-state index contributed by atoms with van der Waals surface area (Å²) in [6.45, 7) is -0.373. The van der Waals surface area contributed by atoms with Gasteiger partial charge in [-0.2, -0.15) is 0 Å². The predicted octanol–water partition coefficient (Wildman–Crippen LogP) is -0.770. The lowest BCUT2D eigenvalue weighted by atomic mass is 10.1. The number of ether oxygens (including phenoxy) is 1. The minimum Gasteiger partial charge on any atom is -0.394 e. The maximum atomic E-state index is 10.1. The molecule has 108 valence electrons. The van der Waals surface area contributed by atoms with E-state index in [1.54, 1.807) is 10.8 Å². The maximum absolute atomic E-state index is 10.1. The zero-order valence-electron chi connectivity index (χ0n) is 10.2. The average molecular weight is 392 g/mol. The van der Waals surface area contributed by atoms with Crippen molar-refractivity contribution in [1.82, 2.24) is 14.5 Å². The first kappa shape index (κ1) is 13.9. The van der Waals surface area contributed by atoms with Gasteiger partial charge in [0.1, 0.15) is 36.1 Å². The molecule has 2 aromatic rings. The lowest BCUT2D eigenvalue weighted by Gasteiger charge is -2.17. The molecular weight excluding hydrogens is 379 g/mol. The summed E-state index contributed by atoms with van der Waals surface area (Å²) < 4.78 is 7.90. The smallest absolute Gasteiger partial charge is 0.164 e. The highest BCUT2D eigenvalue weighted by molar-refractivity contribution is 14.1. The van der Waals surface area contributed by atoms with Crippen LogP contribution < -0.4 is 5.73 Å². The number of aromatic nitrogens is 3. The largest absolute Gasteiger partial charge is 0.394 e. The third-order valence-corrected chi connectivity index (χ3v) is 4.20. The van der Waals surface area contributed by atoms with E-state index in [1.807, 2.05) is 0 Å². The molecule has 4 atom stereocenters. The van der Waals surface area contributed by atoms with E-state index in [9.17, 15) is 10.2 Å². The highest BCUT2D eigenvalue weighted by Crippen LogP contribution is 2.34. The molecule has 1 aliphatic rings. The second kappa shape index (κ2) is 5.07. The monoisotopic (exact) mass is 392 g/mol. The summed E-state index contributed by atoms with van der Waals surface area (Å²) in [5.74, 6) is 0.338. The Morgan fingerprint density at radius 1 is 1.35 bits per heavy atom. The molecule has 0 aromatic carbocycles. The number of nitrogens with two attached hydrogens (primary N) is 1. The summed E-state index contributed by atoms with van der Waals surface area (Å²) in [5, 5.41) is 29.7. The maximum Gasteiger partial charge on any atom is 0.164 e. The SMILES string of the molecule is Nc1ncnc2c1c(I)cn2[C@@H]1OC(CO)C(O)[C@H]1O. The number of hydrogen-bond donors (Lipinski definition) is 4. The van der Waals surface area contributed by atoms with Crippen LogP contribution >= 0.6 is 22.6 Å². The van der Waals surface area contributed by atoms with Crippen molar-refractivity contribution in [2.24, 2.45) is 0 Å². The fourth-order valence-corrected chi connectivity index (χ4v) is 3.18. The van der Waals surface area contributed by atoms with E-state index in [2.05, 4.69) is 32.6 Å². The summed E-state index contributed by atoms with van der Waals surface area (Å²) in [6, 6.07) is 0. The Balaban J connectivity index is 2.10. The summed E-state index contributed by atoms with van der Waals surface area (Å²) in [4.78, 5) is 8.08. The molecule has 1 aliphatic heterocycles. The van der Waals surface area contributed by atoms with Crippen LogP contribution in [0, 0.1) is 3.57 Å². The van der Waals surface area contributed by atoms with Crippen molar-refractivity contribution in [2.45, 2.75) is 24.5 Å². The van der Waals surface area contributed by atoms with Gasteiger partial charge in [0.15, 0.2) is 6.23 Å². The molecule has 2 unspecified atom stereocenters. The third kappa shape index (κ3) is 1.97. The van der Waals surface area contributed by atoms with Crippen molar-refractivity contribution >= 4 is 39.4 Å². The Bertz CT molecular complexity index is 649.